The molecule has 6 N–H and O–H groups in total. The molecule has 3 aromatic carbocycles. The first-order valence-electron chi connectivity index (χ1n) is 19.5. The number of hydrogen-bond acceptors (Lipinski definition) is 8. The van der Waals surface area contributed by atoms with Gasteiger partial charge in [0.2, 0.25) is 11.8 Å². The van der Waals surface area contributed by atoms with Crippen molar-refractivity contribution in [2.45, 2.75) is 104 Å². The highest BCUT2D eigenvalue weighted by Crippen LogP contribution is 2.37. The third-order valence-corrected chi connectivity index (χ3v) is 14.4. The summed E-state index contributed by atoms with van der Waals surface area (Å²) in [5.41, 5.74) is 6.37. The van der Waals surface area contributed by atoms with Crippen molar-refractivity contribution in [3.8, 4) is 0 Å². The van der Waals surface area contributed by atoms with Crippen LogP contribution in [0.4, 0.5) is 20.1 Å². The molecule has 0 saturated heterocycles. The summed E-state index contributed by atoms with van der Waals surface area (Å²) in [6.07, 6.45) is -0.866. The lowest BCUT2D eigenvalue weighted by Gasteiger charge is -2.43. The van der Waals surface area contributed by atoms with Crippen molar-refractivity contribution in [1.82, 2.24) is 20.9 Å². The number of nitrogens with two attached hydrogens (primary N) is 1. The van der Waals surface area contributed by atoms with Crippen LogP contribution in [0.1, 0.15) is 79.4 Å². The molecule has 2 atom stereocenters. The van der Waals surface area contributed by atoms with E-state index in [2.05, 4.69) is 66.3 Å². The van der Waals surface area contributed by atoms with Gasteiger partial charge in [-0.15, -0.1) is 0 Å². The van der Waals surface area contributed by atoms with Gasteiger partial charge in [0.1, 0.15) is 17.7 Å². The number of urea groups is 1. The Kier molecular flexibility index (Phi) is 16.9. The molecule has 0 heterocycles. The number of rotatable bonds is 17. The fourth-order valence-corrected chi connectivity index (χ4v) is 11.2. The van der Waals surface area contributed by atoms with Crippen LogP contribution < -0.4 is 37.4 Å². The van der Waals surface area contributed by atoms with E-state index < -0.39 is 56.0 Å². The number of primary amides is 1. The summed E-state index contributed by atoms with van der Waals surface area (Å²) in [5.74, 6) is -1.46. The van der Waals surface area contributed by atoms with Crippen molar-refractivity contribution in [2.24, 2.45) is 11.7 Å². The molecule has 0 saturated carbocycles. The molecule has 0 unspecified atom stereocenters. The van der Waals surface area contributed by atoms with E-state index in [1.165, 1.54) is 12.0 Å². The minimum atomic E-state index is -2.94. The molecule has 0 bridgehead atoms. The number of carbonyl (C=O) groups excluding carboxylic acids is 5. The van der Waals surface area contributed by atoms with Crippen molar-refractivity contribution in [3.05, 3.63) is 90.0 Å². The zero-order valence-electron chi connectivity index (χ0n) is 35.6. The number of hydrogen-bond donors (Lipinski definition) is 5. The molecule has 15 heteroatoms. The van der Waals surface area contributed by atoms with Crippen molar-refractivity contribution >= 4 is 54.4 Å². The van der Waals surface area contributed by atoms with E-state index in [1.54, 1.807) is 53.8 Å². The van der Waals surface area contributed by atoms with Gasteiger partial charge in [0.25, 0.3) is 8.32 Å². The number of alkyl carbamates (subject to hydrolysis) is 1. The van der Waals surface area contributed by atoms with Gasteiger partial charge < -0.3 is 45.8 Å². The van der Waals surface area contributed by atoms with E-state index in [1.807, 2.05) is 42.5 Å². The largest absolute Gasteiger partial charge is 0.453 e. The van der Waals surface area contributed by atoms with E-state index in [4.69, 9.17) is 19.6 Å². The lowest BCUT2D eigenvalue weighted by Crippen LogP contribution is -2.66. The van der Waals surface area contributed by atoms with Gasteiger partial charge in [0.05, 0.1) is 13.7 Å². The summed E-state index contributed by atoms with van der Waals surface area (Å²) in [6, 6.07) is 23.1. The predicted molar refractivity (Wildman–Crippen MR) is 228 cm³/mol. The number of methoxy groups -OCH3 is 1. The number of benzene rings is 3. The molecule has 0 radical (unpaired) electrons. The zero-order valence-corrected chi connectivity index (χ0v) is 36.6. The first-order chi connectivity index (χ1) is 27.2. The summed E-state index contributed by atoms with van der Waals surface area (Å²) in [6.45, 7) is 15.8. The number of anilines is 1. The van der Waals surface area contributed by atoms with Gasteiger partial charge in [-0.2, -0.15) is 0 Å². The van der Waals surface area contributed by atoms with E-state index in [9.17, 15) is 24.0 Å². The maximum atomic E-state index is 14.0. The molecule has 0 aliphatic rings. The lowest BCUT2D eigenvalue weighted by molar-refractivity contribution is -0.128. The minimum absolute atomic E-state index is 0.136. The van der Waals surface area contributed by atoms with Gasteiger partial charge >= 0.3 is 18.2 Å². The number of amides is 6. The van der Waals surface area contributed by atoms with Crippen LogP contribution in [-0.2, 0) is 36.6 Å². The van der Waals surface area contributed by atoms with E-state index in [-0.39, 0.29) is 37.1 Å². The SMILES string of the molecule is COC(=O)N(C)Cc1cc(NC(=O)[C@H](CCCNC(N)=O)NC(=O)[C@@H](NC(=O)OC(C)(C)C)C(C)C)ccc1CO[Si](c1ccccc1)(c1ccccc1)C(C)(C)C. The molecule has 3 rings (SSSR count). The molecule has 0 fully saturated rings. The second-order valence-corrected chi connectivity index (χ2v) is 20.9. The fraction of sp³-hybridized carbons (Fsp3) is 0.465. The molecule has 0 aliphatic carbocycles. The zero-order chi connectivity index (χ0) is 43.3. The Morgan fingerprint density at radius 3 is 1.90 bits per heavy atom. The third-order valence-electron chi connectivity index (χ3n) is 9.45. The van der Waals surface area contributed by atoms with Crippen molar-refractivity contribution in [1.29, 1.82) is 0 Å². The Morgan fingerprint density at radius 2 is 1.40 bits per heavy atom. The Labute approximate surface area is 344 Å². The number of ether oxygens (including phenoxy) is 2. The van der Waals surface area contributed by atoms with Gasteiger partial charge in [-0.3, -0.25) is 9.59 Å². The Bertz CT molecular complexity index is 1810. The normalized spacial score (nSPS) is 12.8. The van der Waals surface area contributed by atoms with Gasteiger partial charge in [-0.25, -0.2) is 14.4 Å². The molecule has 6 amide bonds. The fourth-order valence-electron chi connectivity index (χ4n) is 6.66. The Hall–Kier alpha value is -5.41. The monoisotopic (exact) mass is 818 g/mol. The van der Waals surface area contributed by atoms with Crippen molar-refractivity contribution in [3.63, 3.8) is 0 Å². The smallest absolute Gasteiger partial charge is 0.409 e. The van der Waals surface area contributed by atoms with Crippen LogP contribution in [0.5, 0.6) is 0 Å². The summed E-state index contributed by atoms with van der Waals surface area (Å²) < 4.78 is 17.6. The second-order valence-electron chi connectivity index (χ2n) is 16.6. The standard InChI is InChI=1S/C43H62N6O8Si/c1-29(2)36(48-40(53)57-42(3,4)5)38(51)47-35(22-17-25-45-39(44)52)37(50)46-32-24-23-30(31(26-32)27-49(9)41(54)55-10)28-56-58(43(6,7)8,33-18-13-11-14-19-33)34-20-15-12-16-21-34/h11-16,18-21,23-24,26,29,35-36H,17,22,25,27-28H2,1-10H3,(H,46,50)(H,47,51)(H,48,53)(H3,44,45,52)/t35-,36-/m0/s1. The quantitative estimate of drug-likeness (QED) is 0.0886. The van der Waals surface area contributed by atoms with Crippen LogP contribution in [0.3, 0.4) is 0 Å². The first-order valence-corrected chi connectivity index (χ1v) is 21.4. The molecule has 58 heavy (non-hydrogen) atoms. The molecule has 0 spiro atoms. The van der Waals surface area contributed by atoms with E-state index in [0.29, 0.717) is 17.7 Å². The van der Waals surface area contributed by atoms with Gasteiger partial charge in [-0.1, -0.05) is 101 Å². The molecule has 0 aliphatic heterocycles. The highest BCUT2D eigenvalue weighted by molar-refractivity contribution is 6.99. The number of nitrogens with zero attached hydrogens (tertiary/aromatic N) is 1. The van der Waals surface area contributed by atoms with E-state index in [0.717, 1.165) is 15.9 Å². The van der Waals surface area contributed by atoms with Crippen LogP contribution in [0.2, 0.25) is 5.04 Å². The molecule has 316 valence electrons. The first kappa shape index (κ1) is 47.0. The highest BCUT2D eigenvalue weighted by Gasteiger charge is 2.50. The summed E-state index contributed by atoms with van der Waals surface area (Å²) in [4.78, 5) is 65.6. The average molecular weight is 819 g/mol. The lowest BCUT2D eigenvalue weighted by atomic mass is 10.0. The second kappa shape index (κ2) is 20.8. The van der Waals surface area contributed by atoms with Crippen LogP contribution >= 0.6 is 0 Å². The third kappa shape index (κ3) is 13.3. The maximum Gasteiger partial charge on any atom is 0.409 e. The summed E-state index contributed by atoms with van der Waals surface area (Å²) in [7, 11) is -0.0153. The van der Waals surface area contributed by atoms with Crippen LogP contribution in [0.15, 0.2) is 78.9 Å². The summed E-state index contributed by atoms with van der Waals surface area (Å²) >= 11 is 0. The molecular weight excluding hydrogens is 757 g/mol. The molecule has 14 nitrogen and oxygen atoms in total. The minimum Gasteiger partial charge on any atom is -0.453 e. The molecule has 3 aromatic rings. The summed E-state index contributed by atoms with van der Waals surface area (Å²) in [5, 5.41) is 12.8. The Morgan fingerprint density at radius 1 is 0.810 bits per heavy atom. The maximum absolute atomic E-state index is 14.0. The van der Waals surface area contributed by atoms with Gasteiger partial charge in [0, 0.05) is 25.8 Å². The van der Waals surface area contributed by atoms with Crippen LogP contribution in [0, 0.1) is 5.92 Å². The highest BCUT2D eigenvalue weighted by atomic mass is 28.4. The topological polar surface area (TPSA) is 190 Å². The molecular formula is C43H62N6O8Si. The van der Waals surface area contributed by atoms with E-state index >= 15 is 0 Å². The Balaban J connectivity index is 1.99. The number of carbonyl (C=O) groups is 5. The number of nitrogens with one attached hydrogen (secondary N) is 4. The van der Waals surface area contributed by atoms with Gasteiger partial charge in [-0.05, 0) is 78.2 Å². The van der Waals surface area contributed by atoms with Crippen LogP contribution in [0.25, 0.3) is 0 Å². The van der Waals surface area contributed by atoms with Gasteiger partial charge in [0.15, 0.2) is 0 Å². The molecule has 0 aromatic heterocycles. The van der Waals surface area contributed by atoms with Crippen LogP contribution in [-0.4, -0.2) is 81.6 Å². The van der Waals surface area contributed by atoms with Crippen molar-refractivity contribution in [2.75, 3.05) is 26.0 Å². The predicted octanol–water partition coefficient (Wildman–Crippen LogP) is 5.38. The van der Waals surface area contributed by atoms with Crippen molar-refractivity contribution < 1.29 is 37.9 Å². The average Bonchev–Trinajstić information content (AvgIpc) is 3.14.